The zero-order valence-electron chi connectivity index (χ0n) is 18.7. The molecule has 0 aliphatic carbocycles. The molecule has 0 radical (unpaired) electrons. The second-order valence-electron chi connectivity index (χ2n) is 8.69. The standard InChI is InChI=1S/C21H25F2N5O4S/c1-5-27-12-15(9-25-27)33(31,32)28-11-14(10-26(20(29)30)13-21(2,3)4)17(22)18(28)16-7-6-8-24-19(16)23/h6-9,11-12H,5,10,13H2,1-4H3,(H,29,30). The molecule has 3 rings (SSSR count). The van der Waals surface area contributed by atoms with Crippen LogP contribution in [0.4, 0.5) is 13.6 Å². The summed E-state index contributed by atoms with van der Waals surface area (Å²) < 4.78 is 58.8. The van der Waals surface area contributed by atoms with E-state index in [4.69, 9.17) is 0 Å². The van der Waals surface area contributed by atoms with Crippen molar-refractivity contribution in [3.05, 3.63) is 54.2 Å². The molecular formula is C21H25F2N5O4S. The Morgan fingerprint density at radius 3 is 2.48 bits per heavy atom. The maximum absolute atomic E-state index is 15.6. The van der Waals surface area contributed by atoms with Gasteiger partial charge in [0.25, 0.3) is 10.0 Å². The largest absolute Gasteiger partial charge is 0.465 e. The molecule has 0 fully saturated rings. The molecule has 33 heavy (non-hydrogen) atoms. The zero-order chi connectivity index (χ0) is 24.6. The van der Waals surface area contributed by atoms with E-state index in [0.717, 1.165) is 23.5 Å². The molecule has 0 unspecified atom stereocenters. The first-order valence-corrected chi connectivity index (χ1v) is 11.6. The topological polar surface area (TPSA) is 110 Å². The molecule has 0 aliphatic heterocycles. The average molecular weight is 482 g/mol. The van der Waals surface area contributed by atoms with Gasteiger partial charge in [0.05, 0.1) is 18.3 Å². The summed E-state index contributed by atoms with van der Waals surface area (Å²) in [6.45, 7) is 7.27. The fourth-order valence-corrected chi connectivity index (χ4v) is 4.69. The Kier molecular flexibility index (Phi) is 6.59. The molecule has 0 bridgehead atoms. The molecule has 1 N–H and O–H groups in total. The molecule has 0 aromatic carbocycles. The highest BCUT2D eigenvalue weighted by Gasteiger charge is 2.31. The number of amides is 1. The van der Waals surface area contributed by atoms with Gasteiger partial charge in [0.15, 0.2) is 5.82 Å². The summed E-state index contributed by atoms with van der Waals surface area (Å²) in [5.41, 5.74) is -1.59. The predicted molar refractivity (Wildman–Crippen MR) is 116 cm³/mol. The van der Waals surface area contributed by atoms with E-state index in [1.807, 2.05) is 20.8 Å². The van der Waals surface area contributed by atoms with Crippen LogP contribution < -0.4 is 0 Å². The Morgan fingerprint density at radius 2 is 1.94 bits per heavy atom. The first kappa shape index (κ1) is 24.4. The first-order chi connectivity index (χ1) is 15.3. The summed E-state index contributed by atoms with van der Waals surface area (Å²) in [4.78, 5) is 16.0. The van der Waals surface area contributed by atoms with E-state index in [1.54, 1.807) is 6.92 Å². The fraction of sp³-hybridized carbons (Fsp3) is 0.381. The second-order valence-corrected chi connectivity index (χ2v) is 10.5. The van der Waals surface area contributed by atoms with Gasteiger partial charge in [0, 0.05) is 37.2 Å². The Balaban J connectivity index is 2.20. The quantitative estimate of drug-likeness (QED) is 0.514. The maximum Gasteiger partial charge on any atom is 0.407 e. The molecule has 3 aromatic rings. The van der Waals surface area contributed by atoms with Gasteiger partial charge in [0.1, 0.15) is 10.6 Å². The highest BCUT2D eigenvalue weighted by atomic mass is 32.2. The van der Waals surface area contributed by atoms with Crippen molar-refractivity contribution in [2.45, 2.75) is 45.7 Å². The van der Waals surface area contributed by atoms with E-state index < -0.39 is 45.5 Å². The molecule has 0 atom stereocenters. The fourth-order valence-electron chi connectivity index (χ4n) is 3.34. The molecule has 9 nitrogen and oxygen atoms in total. The van der Waals surface area contributed by atoms with E-state index in [1.165, 1.54) is 23.0 Å². The molecule has 0 saturated heterocycles. The highest BCUT2D eigenvalue weighted by molar-refractivity contribution is 7.90. The minimum atomic E-state index is -4.38. The normalized spacial score (nSPS) is 12.2. The summed E-state index contributed by atoms with van der Waals surface area (Å²) in [5, 5.41) is 13.5. The molecule has 0 spiro atoms. The summed E-state index contributed by atoms with van der Waals surface area (Å²) >= 11 is 0. The van der Waals surface area contributed by atoms with E-state index in [0.29, 0.717) is 10.5 Å². The van der Waals surface area contributed by atoms with E-state index in [-0.39, 0.29) is 22.6 Å². The van der Waals surface area contributed by atoms with Crippen LogP contribution >= 0.6 is 0 Å². The van der Waals surface area contributed by atoms with E-state index >= 15 is 4.39 Å². The Bertz CT molecular complexity index is 1280. The smallest absolute Gasteiger partial charge is 0.407 e. The monoisotopic (exact) mass is 481 g/mol. The number of halogens is 2. The summed E-state index contributed by atoms with van der Waals surface area (Å²) in [6.07, 6.45) is 3.23. The van der Waals surface area contributed by atoms with Gasteiger partial charge in [-0.1, -0.05) is 20.8 Å². The number of hydrogen-bond acceptors (Lipinski definition) is 5. The lowest BCUT2D eigenvalue weighted by molar-refractivity contribution is 0.122. The number of aryl methyl sites for hydroxylation is 1. The van der Waals surface area contributed by atoms with Gasteiger partial charge < -0.3 is 10.0 Å². The van der Waals surface area contributed by atoms with Gasteiger partial charge in [0.2, 0.25) is 5.95 Å². The van der Waals surface area contributed by atoms with Crippen molar-refractivity contribution < 1.29 is 27.1 Å². The molecule has 0 saturated carbocycles. The van der Waals surface area contributed by atoms with Crippen LogP contribution in [0.15, 0.2) is 41.8 Å². The molecule has 3 heterocycles. The van der Waals surface area contributed by atoms with Crippen molar-refractivity contribution in [1.29, 1.82) is 0 Å². The van der Waals surface area contributed by atoms with Crippen molar-refractivity contribution >= 4 is 16.1 Å². The number of nitrogens with zero attached hydrogens (tertiary/aromatic N) is 5. The lowest BCUT2D eigenvalue weighted by Crippen LogP contribution is -2.36. The van der Waals surface area contributed by atoms with Crippen LogP contribution in [-0.2, 0) is 23.1 Å². The molecule has 12 heteroatoms. The third-order valence-corrected chi connectivity index (χ3v) is 6.40. The molecule has 178 valence electrons. The minimum Gasteiger partial charge on any atom is -0.465 e. The summed E-state index contributed by atoms with van der Waals surface area (Å²) in [7, 11) is -4.38. The maximum atomic E-state index is 15.6. The van der Waals surface area contributed by atoms with Crippen molar-refractivity contribution in [2.75, 3.05) is 6.54 Å². The third-order valence-electron chi connectivity index (χ3n) is 4.78. The van der Waals surface area contributed by atoms with Gasteiger partial charge >= 0.3 is 6.09 Å². The van der Waals surface area contributed by atoms with Crippen LogP contribution in [0.1, 0.15) is 33.3 Å². The van der Waals surface area contributed by atoms with Crippen molar-refractivity contribution in [2.24, 2.45) is 5.41 Å². The van der Waals surface area contributed by atoms with Crippen LogP contribution in [0.3, 0.4) is 0 Å². The van der Waals surface area contributed by atoms with Gasteiger partial charge in [-0.2, -0.15) is 9.49 Å². The molecule has 3 aromatic heterocycles. The van der Waals surface area contributed by atoms with Gasteiger partial charge in [-0.3, -0.25) is 4.68 Å². The number of rotatable bonds is 7. The van der Waals surface area contributed by atoms with Gasteiger partial charge in [-0.05, 0) is 24.5 Å². The average Bonchev–Trinajstić information content (AvgIpc) is 3.33. The van der Waals surface area contributed by atoms with Crippen LogP contribution in [0, 0.1) is 17.2 Å². The number of carboxylic acid groups (broad SMARTS) is 1. The predicted octanol–water partition coefficient (Wildman–Crippen LogP) is 3.81. The first-order valence-electron chi connectivity index (χ1n) is 10.1. The van der Waals surface area contributed by atoms with Gasteiger partial charge in [-0.15, -0.1) is 0 Å². The molecule has 0 aliphatic rings. The molecule has 1 amide bonds. The lowest BCUT2D eigenvalue weighted by Gasteiger charge is -2.27. The number of hydrogen-bond donors (Lipinski definition) is 1. The van der Waals surface area contributed by atoms with E-state index in [9.17, 15) is 22.7 Å². The van der Waals surface area contributed by atoms with Crippen LogP contribution in [0.5, 0.6) is 0 Å². The Morgan fingerprint density at radius 1 is 1.24 bits per heavy atom. The van der Waals surface area contributed by atoms with Crippen molar-refractivity contribution in [1.82, 2.24) is 23.6 Å². The second kappa shape index (κ2) is 8.93. The van der Waals surface area contributed by atoms with E-state index in [2.05, 4.69) is 10.1 Å². The number of aromatic nitrogens is 4. The number of carbonyl (C=O) groups is 1. The Labute approximate surface area is 190 Å². The Hall–Kier alpha value is -3.28. The summed E-state index contributed by atoms with van der Waals surface area (Å²) in [6, 6.07) is 2.55. The summed E-state index contributed by atoms with van der Waals surface area (Å²) in [5.74, 6) is -2.11. The van der Waals surface area contributed by atoms with Crippen LogP contribution in [-0.4, -0.2) is 49.8 Å². The lowest BCUT2D eigenvalue weighted by atomic mass is 9.96. The van der Waals surface area contributed by atoms with Crippen LogP contribution in [0.2, 0.25) is 0 Å². The van der Waals surface area contributed by atoms with Crippen LogP contribution in [0.25, 0.3) is 11.3 Å². The highest BCUT2D eigenvalue weighted by Crippen LogP contribution is 2.32. The minimum absolute atomic E-state index is 0.0690. The zero-order valence-corrected chi connectivity index (χ0v) is 19.5. The van der Waals surface area contributed by atoms with Gasteiger partial charge in [-0.25, -0.2) is 26.6 Å². The SMILES string of the molecule is CCn1cc(S(=O)(=O)n2cc(CN(CC(C)(C)C)C(=O)O)c(F)c2-c2cccnc2F)cn1. The van der Waals surface area contributed by atoms with Crippen molar-refractivity contribution in [3.8, 4) is 11.3 Å². The molecular weight excluding hydrogens is 456 g/mol. The third kappa shape index (κ3) is 5.05. The number of pyridine rings is 1. The van der Waals surface area contributed by atoms with Crippen molar-refractivity contribution in [3.63, 3.8) is 0 Å².